The van der Waals surface area contributed by atoms with Gasteiger partial charge in [0.2, 0.25) is 0 Å². The topological polar surface area (TPSA) is 122 Å². The third kappa shape index (κ3) is 7.17. The van der Waals surface area contributed by atoms with Crippen LogP contribution in [-0.2, 0) is 29.2 Å². The average molecular weight is 544 g/mol. The summed E-state index contributed by atoms with van der Waals surface area (Å²) in [7, 11) is -6.92. The van der Waals surface area contributed by atoms with Gasteiger partial charge in [-0.15, -0.1) is 0 Å². The lowest BCUT2D eigenvalue weighted by Gasteiger charge is -2.34. The molecule has 0 spiro atoms. The van der Waals surface area contributed by atoms with Crippen LogP contribution in [0, 0.1) is 0 Å². The highest BCUT2D eigenvalue weighted by Gasteiger charge is 2.67. The van der Waals surface area contributed by atoms with E-state index >= 15 is 0 Å². The van der Waals surface area contributed by atoms with Crippen molar-refractivity contribution in [2.45, 2.75) is 55.5 Å². The lowest BCUT2D eigenvalue weighted by molar-refractivity contribution is -0.348. The Bertz CT molecular complexity index is 870. The van der Waals surface area contributed by atoms with E-state index in [1.54, 1.807) is 0 Å². The highest BCUT2D eigenvalue weighted by atomic mass is 32.2. The van der Waals surface area contributed by atoms with E-state index in [-0.39, 0.29) is 6.42 Å². The smallest absolute Gasteiger partial charge is 0.466 e. The molecule has 200 valence electrons. The Kier molecular flexibility index (Phi) is 9.96. The van der Waals surface area contributed by atoms with Gasteiger partial charge in [-0.3, -0.25) is 4.79 Å². The third-order valence-electron chi connectivity index (χ3n) is 3.71. The van der Waals surface area contributed by atoms with Crippen molar-refractivity contribution in [2.24, 2.45) is 0 Å². The number of carbonyl (C=O) groups excluding carboxylic acids is 2. The van der Waals surface area contributed by atoms with Crippen LogP contribution < -0.4 is 5.32 Å². The summed E-state index contributed by atoms with van der Waals surface area (Å²) in [5, 5.41) is -4.68. The minimum absolute atomic E-state index is 0.0478. The van der Waals surface area contributed by atoms with Crippen LogP contribution in [0.3, 0.4) is 0 Å². The number of carbonyl (C=O) groups is 2. The van der Waals surface area contributed by atoms with E-state index in [0.717, 1.165) is 0 Å². The molecule has 1 amide bonds. The van der Waals surface area contributed by atoms with Crippen LogP contribution >= 0.6 is 0 Å². The number of hydrogen-bond donors (Lipinski definition) is 1. The molecule has 34 heavy (non-hydrogen) atoms. The van der Waals surface area contributed by atoms with E-state index in [0.29, 0.717) is 0 Å². The van der Waals surface area contributed by atoms with E-state index in [4.69, 9.17) is 0 Å². The second-order valence-electron chi connectivity index (χ2n) is 6.36. The fourth-order valence-electron chi connectivity index (χ4n) is 1.91. The lowest BCUT2D eigenvalue weighted by atomic mass is 10.2. The first kappa shape index (κ1) is 31.9. The highest BCUT2D eigenvalue weighted by Crippen LogP contribution is 2.42. The summed E-state index contributed by atoms with van der Waals surface area (Å²) in [5.74, 6) is -15.7. The molecule has 0 fully saturated rings. The van der Waals surface area contributed by atoms with Crippen LogP contribution in [0.15, 0.2) is 12.2 Å². The Labute approximate surface area is 185 Å². The molecule has 0 heterocycles. The molecule has 19 heteroatoms. The first-order chi connectivity index (χ1) is 15.0. The first-order valence-electron chi connectivity index (χ1n) is 8.67. The second-order valence-corrected chi connectivity index (χ2v) is 7.78. The van der Waals surface area contributed by atoms with Crippen molar-refractivity contribution < 1.29 is 75.9 Å². The Hall–Kier alpha value is -2.15. The summed E-state index contributed by atoms with van der Waals surface area (Å²) in [6, 6.07) is 0. The van der Waals surface area contributed by atoms with Gasteiger partial charge in [0.05, 0.1) is 6.61 Å². The van der Waals surface area contributed by atoms with Crippen LogP contribution in [0.2, 0.25) is 0 Å². The minimum Gasteiger partial charge on any atom is -0.743 e. The summed E-state index contributed by atoms with van der Waals surface area (Å²) >= 11 is 0. The fraction of sp³-hybridized carbons (Fsp3) is 0.733. The predicted octanol–water partition coefficient (Wildman–Crippen LogP) is 3.00. The molecule has 8 nitrogen and oxygen atoms in total. The Morgan fingerprint density at radius 3 is 1.88 bits per heavy atom. The number of ether oxygens (including phenoxy) is 2. The molecule has 0 rings (SSSR count). The number of alkyl halides is 10. The van der Waals surface area contributed by atoms with Crippen LogP contribution in [0.4, 0.5) is 43.9 Å². The van der Waals surface area contributed by atoms with Crippen LogP contribution in [0.5, 0.6) is 0 Å². The maximum Gasteiger partial charge on any atom is 0.466 e. The molecule has 1 atom stereocenters. The van der Waals surface area contributed by atoms with Crippen molar-refractivity contribution in [1.82, 2.24) is 5.32 Å². The van der Waals surface area contributed by atoms with E-state index in [1.807, 2.05) is 0 Å². The SMILES string of the molecule is C=C(C(=O)OC(OCCCC(F)(F)C(F)(F)S(=O)(=O)[O-])(C(=O)NCCC)C(F)(F)F)C(F)(F)F. The van der Waals surface area contributed by atoms with Gasteiger partial charge in [-0.05, 0) is 12.8 Å². The predicted molar refractivity (Wildman–Crippen MR) is 88.2 cm³/mol. The molecule has 0 aliphatic carbocycles. The normalized spacial score (nSPS) is 15.4. The third-order valence-corrected chi connectivity index (χ3v) is 4.64. The quantitative estimate of drug-likeness (QED) is 0.100. The molecular weight excluding hydrogens is 528 g/mol. The van der Waals surface area contributed by atoms with Gasteiger partial charge in [-0.2, -0.15) is 43.9 Å². The van der Waals surface area contributed by atoms with Gasteiger partial charge in [0.25, 0.3) is 0 Å². The largest absolute Gasteiger partial charge is 0.743 e. The molecule has 0 saturated heterocycles. The fourth-order valence-corrected chi connectivity index (χ4v) is 2.38. The van der Waals surface area contributed by atoms with Gasteiger partial charge in [0.15, 0.2) is 10.1 Å². The molecule has 1 unspecified atom stereocenters. The zero-order valence-corrected chi connectivity index (χ0v) is 17.6. The second kappa shape index (κ2) is 10.6. The lowest BCUT2D eigenvalue weighted by Crippen LogP contribution is -2.62. The minimum atomic E-state index is -6.92. The molecule has 1 N–H and O–H groups in total. The zero-order valence-electron chi connectivity index (χ0n) is 16.8. The Balaban J connectivity index is 5.95. The van der Waals surface area contributed by atoms with Gasteiger partial charge < -0.3 is 19.3 Å². The number of halogens is 10. The molecule has 0 aromatic rings. The molecule has 0 aliphatic rings. The van der Waals surface area contributed by atoms with Crippen molar-refractivity contribution in [1.29, 1.82) is 0 Å². The van der Waals surface area contributed by atoms with Crippen LogP contribution in [0.1, 0.15) is 26.2 Å². The van der Waals surface area contributed by atoms with Crippen molar-refractivity contribution >= 4 is 22.0 Å². The average Bonchev–Trinajstić information content (AvgIpc) is 2.64. The van der Waals surface area contributed by atoms with E-state index in [1.165, 1.54) is 12.2 Å². The summed E-state index contributed by atoms with van der Waals surface area (Å²) < 4.78 is 170. The molecule has 0 radical (unpaired) electrons. The Morgan fingerprint density at radius 2 is 1.50 bits per heavy atom. The molecule has 0 aromatic carbocycles. The summed E-state index contributed by atoms with van der Waals surface area (Å²) in [6.45, 7) is 1.11. The van der Waals surface area contributed by atoms with Crippen molar-refractivity contribution in [3.63, 3.8) is 0 Å². The van der Waals surface area contributed by atoms with Crippen molar-refractivity contribution in [2.75, 3.05) is 13.2 Å². The Morgan fingerprint density at radius 1 is 1.00 bits per heavy atom. The zero-order chi connectivity index (χ0) is 27.4. The van der Waals surface area contributed by atoms with Crippen molar-refractivity contribution in [3.8, 4) is 0 Å². The van der Waals surface area contributed by atoms with Crippen molar-refractivity contribution in [3.05, 3.63) is 12.2 Å². The number of hydrogen-bond acceptors (Lipinski definition) is 7. The molecule has 0 saturated carbocycles. The van der Waals surface area contributed by atoms with Gasteiger partial charge in [-0.1, -0.05) is 13.5 Å². The van der Waals surface area contributed by atoms with Gasteiger partial charge in [0.1, 0.15) is 5.57 Å². The standard InChI is InChI=1S/C15H17F10NO7S/c1-3-6-26-10(28)12(14(21,22)23,33-9(27)8(2)13(18,19)20)32-7-4-5-11(16,17)15(24,25)34(29,30)31/h2-7H2,1H3,(H,26,28)(H,29,30,31)/p-1. The summed E-state index contributed by atoms with van der Waals surface area (Å²) in [5.41, 5.74) is -2.51. The maximum absolute atomic E-state index is 13.6. The number of esters is 1. The van der Waals surface area contributed by atoms with Crippen LogP contribution in [-0.4, -0.2) is 67.3 Å². The number of rotatable bonds is 12. The summed E-state index contributed by atoms with van der Waals surface area (Å²) in [4.78, 5) is 23.6. The van der Waals surface area contributed by atoms with Gasteiger partial charge in [-0.25, -0.2) is 13.2 Å². The molecule has 0 aromatic heterocycles. The maximum atomic E-state index is 13.6. The van der Waals surface area contributed by atoms with Gasteiger partial charge >= 0.3 is 41.2 Å². The molecule has 0 bridgehead atoms. The highest BCUT2D eigenvalue weighted by molar-refractivity contribution is 7.86. The van der Waals surface area contributed by atoms with E-state index in [2.05, 4.69) is 16.1 Å². The van der Waals surface area contributed by atoms with E-state index in [9.17, 15) is 66.5 Å². The van der Waals surface area contributed by atoms with E-state index < -0.39 is 82.9 Å². The molecule has 0 aliphatic heterocycles. The van der Waals surface area contributed by atoms with Gasteiger partial charge in [0, 0.05) is 13.0 Å². The monoisotopic (exact) mass is 544 g/mol. The first-order valence-corrected chi connectivity index (χ1v) is 10.1. The molecular formula is C15H16F10NO7S-. The van der Waals surface area contributed by atoms with Crippen LogP contribution in [0.25, 0.3) is 0 Å². The number of amides is 1. The number of nitrogens with one attached hydrogen (secondary N) is 1. The summed E-state index contributed by atoms with van der Waals surface area (Å²) in [6.07, 6.45) is -15.7.